The van der Waals surface area contributed by atoms with E-state index in [1.807, 2.05) is 0 Å². The summed E-state index contributed by atoms with van der Waals surface area (Å²) in [5.41, 5.74) is 0.709. The highest BCUT2D eigenvalue weighted by molar-refractivity contribution is 9.10. The second-order valence-electron chi connectivity index (χ2n) is 3.01. The van der Waals surface area contributed by atoms with Crippen LogP contribution in [0.2, 0.25) is 0 Å². The van der Waals surface area contributed by atoms with Crippen LogP contribution in [0.5, 0.6) is 0 Å². The van der Waals surface area contributed by atoms with Crippen molar-refractivity contribution in [3.63, 3.8) is 0 Å². The Balaban J connectivity index is 2.34. The fourth-order valence-corrected chi connectivity index (χ4v) is 1.28. The molecule has 0 atom stereocenters. The van der Waals surface area contributed by atoms with Gasteiger partial charge in [-0.3, -0.25) is 4.79 Å². The lowest BCUT2D eigenvalue weighted by Crippen LogP contribution is -2.12. The number of nitrogens with one attached hydrogen (secondary N) is 1. The molecule has 1 amide bonds. The summed E-state index contributed by atoms with van der Waals surface area (Å²) in [4.78, 5) is 15.4. The number of anilines is 1. The molecule has 0 saturated carbocycles. The Morgan fingerprint density at radius 3 is 3.00 bits per heavy atom. The topological polar surface area (TPSA) is 51.2 Å². The highest BCUT2D eigenvalue weighted by Crippen LogP contribution is 2.10. The van der Waals surface area contributed by atoms with Crippen LogP contribution in [0.25, 0.3) is 0 Å². The van der Waals surface area contributed by atoms with Crippen molar-refractivity contribution < 1.29 is 9.53 Å². The van der Waals surface area contributed by atoms with Crippen LogP contribution in [0.4, 0.5) is 5.69 Å². The van der Waals surface area contributed by atoms with Gasteiger partial charge in [-0.05, 0) is 34.5 Å². The molecule has 1 N–H and O–H groups in total. The van der Waals surface area contributed by atoms with Crippen molar-refractivity contribution >= 4 is 27.5 Å². The van der Waals surface area contributed by atoms with Gasteiger partial charge in [-0.25, -0.2) is 4.98 Å². The smallest absolute Gasteiger partial charge is 0.224 e. The van der Waals surface area contributed by atoms with Gasteiger partial charge in [-0.1, -0.05) is 0 Å². The van der Waals surface area contributed by atoms with Crippen molar-refractivity contribution in [1.29, 1.82) is 0 Å². The van der Waals surface area contributed by atoms with Gasteiger partial charge in [-0.2, -0.15) is 0 Å². The minimum Gasteiger partial charge on any atom is -0.385 e. The quantitative estimate of drug-likeness (QED) is 0.661. The molecule has 0 aromatic carbocycles. The summed E-state index contributed by atoms with van der Waals surface area (Å²) in [5.74, 6) is -0.0174. The second-order valence-corrected chi connectivity index (χ2v) is 3.83. The number of hydrogen-bond acceptors (Lipinski definition) is 3. The summed E-state index contributed by atoms with van der Waals surface area (Å²) in [6, 6.07) is 3.58. The number of pyridine rings is 1. The van der Waals surface area contributed by atoms with Gasteiger partial charge in [0.1, 0.15) is 4.60 Å². The Bertz CT molecular complexity index is 314. The molecule has 1 aromatic heterocycles. The molecule has 0 aliphatic heterocycles. The minimum atomic E-state index is -0.0174. The summed E-state index contributed by atoms with van der Waals surface area (Å²) < 4.78 is 5.61. The first kappa shape index (κ1) is 12.1. The summed E-state index contributed by atoms with van der Waals surface area (Å²) in [5, 5.41) is 2.75. The van der Waals surface area contributed by atoms with Gasteiger partial charge in [0.15, 0.2) is 0 Å². The summed E-state index contributed by atoms with van der Waals surface area (Å²) in [6.45, 7) is 0.603. The van der Waals surface area contributed by atoms with Crippen molar-refractivity contribution in [3.05, 3.63) is 22.9 Å². The number of methoxy groups -OCH3 is 1. The van der Waals surface area contributed by atoms with Crippen LogP contribution in [0.15, 0.2) is 22.9 Å². The molecule has 15 heavy (non-hydrogen) atoms. The van der Waals surface area contributed by atoms with Gasteiger partial charge < -0.3 is 10.1 Å². The molecule has 0 unspecified atom stereocenters. The molecule has 0 aliphatic rings. The van der Waals surface area contributed by atoms with Crippen molar-refractivity contribution in [2.75, 3.05) is 19.0 Å². The van der Waals surface area contributed by atoms with Crippen molar-refractivity contribution in [2.45, 2.75) is 12.8 Å². The number of ether oxygens (including phenoxy) is 1. The van der Waals surface area contributed by atoms with E-state index in [9.17, 15) is 4.79 Å². The van der Waals surface area contributed by atoms with E-state index in [1.54, 1.807) is 25.4 Å². The van der Waals surface area contributed by atoms with Crippen LogP contribution in [0.3, 0.4) is 0 Å². The number of hydrogen-bond donors (Lipinski definition) is 1. The Labute approximate surface area is 97.2 Å². The van der Waals surface area contributed by atoms with Crippen LogP contribution in [-0.2, 0) is 9.53 Å². The fourth-order valence-electron chi connectivity index (χ4n) is 1.05. The second kappa shape index (κ2) is 6.53. The van der Waals surface area contributed by atoms with Crippen LogP contribution in [0, 0.1) is 0 Å². The van der Waals surface area contributed by atoms with Crippen molar-refractivity contribution in [3.8, 4) is 0 Å². The number of rotatable bonds is 5. The van der Waals surface area contributed by atoms with Gasteiger partial charge in [0.25, 0.3) is 0 Å². The predicted octanol–water partition coefficient (Wildman–Crippen LogP) is 2.21. The molecule has 4 nitrogen and oxygen atoms in total. The van der Waals surface area contributed by atoms with Crippen LogP contribution in [0.1, 0.15) is 12.8 Å². The summed E-state index contributed by atoms with van der Waals surface area (Å²) in [6.07, 6.45) is 2.80. The van der Waals surface area contributed by atoms with E-state index in [1.165, 1.54) is 0 Å². The first-order valence-electron chi connectivity index (χ1n) is 4.62. The number of amides is 1. The first-order valence-corrected chi connectivity index (χ1v) is 5.42. The Kier molecular flexibility index (Phi) is 5.28. The van der Waals surface area contributed by atoms with Gasteiger partial charge in [0.2, 0.25) is 5.91 Å². The third kappa shape index (κ3) is 4.90. The molecule has 0 radical (unpaired) electrons. The maximum atomic E-state index is 11.4. The van der Waals surface area contributed by atoms with Crippen LogP contribution >= 0.6 is 15.9 Å². The zero-order valence-corrected chi connectivity index (χ0v) is 10.1. The zero-order chi connectivity index (χ0) is 11.1. The lowest BCUT2D eigenvalue weighted by atomic mass is 10.3. The van der Waals surface area contributed by atoms with E-state index < -0.39 is 0 Å². The van der Waals surface area contributed by atoms with E-state index in [2.05, 4.69) is 26.2 Å². The molecule has 1 aromatic rings. The predicted molar refractivity (Wildman–Crippen MR) is 61.7 cm³/mol. The van der Waals surface area contributed by atoms with Crippen molar-refractivity contribution in [2.24, 2.45) is 0 Å². The SMILES string of the molecule is COCCCC(=O)Nc1ccc(Br)nc1. The molecule has 0 fully saturated rings. The number of aromatic nitrogens is 1. The Morgan fingerprint density at radius 1 is 1.60 bits per heavy atom. The van der Waals surface area contributed by atoms with Gasteiger partial charge >= 0.3 is 0 Å². The highest BCUT2D eigenvalue weighted by atomic mass is 79.9. The number of halogens is 1. The lowest BCUT2D eigenvalue weighted by molar-refractivity contribution is -0.116. The molecule has 0 spiro atoms. The molecular weight excluding hydrogens is 260 g/mol. The van der Waals surface area contributed by atoms with E-state index in [4.69, 9.17) is 4.74 Å². The Hall–Kier alpha value is -0.940. The third-order valence-electron chi connectivity index (χ3n) is 1.76. The maximum absolute atomic E-state index is 11.4. The molecule has 0 aliphatic carbocycles. The summed E-state index contributed by atoms with van der Waals surface area (Å²) in [7, 11) is 1.62. The largest absolute Gasteiger partial charge is 0.385 e. The fraction of sp³-hybridized carbons (Fsp3) is 0.400. The number of nitrogens with zero attached hydrogens (tertiary/aromatic N) is 1. The van der Waals surface area contributed by atoms with E-state index in [-0.39, 0.29) is 5.91 Å². The third-order valence-corrected chi connectivity index (χ3v) is 2.23. The molecular formula is C10H13BrN2O2. The molecule has 82 valence electrons. The molecule has 0 saturated heterocycles. The molecule has 1 heterocycles. The first-order chi connectivity index (χ1) is 7.22. The zero-order valence-electron chi connectivity index (χ0n) is 8.50. The summed E-state index contributed by atoms with van der Waals surface area (Å²) >= 11 is 3.22. The minimum absolute atomic E-state index is 0.0174. The normalized spacial score (nSPS) is 10.0. The Morgan fingerprint density at radius 2 is 2.40 bits per heavy atom. The molecule has 1 rings (SSSR count). The van der Waals surface area contributed by atoms with E-state index in [0.717, 1.165) is 11.0 Å². The van der Waals surface area contributed by atoms with Crippen molar-refractivity contribution in [1.82, 2.24) is 4.98 Å². The monoisotopic (exact) mass is 272 g/mol. The average Bonchev–Trinajstić information content (AvgIpc) is 2.22. The van der Waals surface area contributed by atoms with Gasteiger partial charge in [0, 0.05) is 20.1 Å². The van der Waals surface area contributed by atoms with E-state index in [0.29, 0.717) is 18.7 Å². The van der Waals surface area contributed by atoms with Gasteiger partial charge in [0.05, 0.1) is 11.9 Å². The lowest BCUT2D eigenvalue weighted by Gasteiger charge is -2.04. The van der Waals surface area contributed by atoms with Gasteiger partial charge in [-0.15, -0.1) is 0 Å². The van der Waals surface area contributed by atoms with E-state index >= 15 is 0 Å². The number of carbonyl (C=O) groups excluding carboxylic acids is 1. The standard InChI is InChI=1S/C10H13BrN2O2/c1-15-6-2-3-10(14)13-8-4-5-9(11)12-7-8/h4-5,7H,2-3,6H2,1H3,(H,13,14). The maximum Gasteiger partial charge on any atom is 0.224 e. The highest BCUT2D eigenvalue weighted by Gasteiger charge is 2.01. The van der Waals surface area contributed by atoms with Crippen LogP contribution in [-0.4, -0.2) is 24.6 Å². The molecule has 5 heteroatoms. The van der Waals surface area contributed by atoms with Crippen LogP contribution < -0.4 is 5.32 Å². The molecule has 0 bridgehead atoms. The average molecular weight is 273 g/mol. The number of carbonyl (C=O) groups is 1.